The molecule has 3 aromatic rings. The van der Waals surface area contributed by atoms with Crippen LogP contribution in [0.2, 0.25) is 10.0 Å². The number of furan rings is 1. The monoisotopic (exact) mass is 505 g/mol. The molecule has 0 aliphatic heterocycles. The number of hydrogen-bond donors (Lipinski definition) is 1. The first-order chi connectivity index (χ1) is 14.3. The molecule has 0 saturated heterocycles. The number of benzene rings is 2. The topological polar surface area (TPSA) is 109 Å². The van der Waals surface area contributed by atoms with Crippen molar-refractivity contribution in [2.45, 2.75) is 0 Å². The number of anilines is 1. The van der Waals surface area contributed by atoms with Crippen LogP contribution in [0.3, 0.4) is 0 Å². The summed E-state index contributed by atoms with van der Waals surface area (Å²) in [6.45, 7) is 0. The SMILES string of the molecule is N#CC(=Cc1ccc(-c2ccc(Cl)c(Cl)c2)o1)C(=O)Nc1ccc([N+](=O)[O-])cc1Br. The number of nitrogens with zero attached hydrogens (tertiary/aromatic N) is 2. The molecule has 2 aromatic carbocycles. The van der Waals surface area contributed by atoms with Crippen molar-refractivity contribution in [2.24, 2.45) is 0 Å². The minimum atomic E-state index is -0.695. The summed E-state index contributed by atoms with van der Waals surface area (Å²) in [5.74, 6) is 0.0701. The van der Waals surface area contributed by atoms with Gasteiger partial charge in [0, 0.05) is 28.2 Å². The molecule has 1 heterocycles. The summed E-state index contributed by atoms with van der Waals surface area (Å²) in [6.07, 6.45) is 1.29. The minimum Gasteiger partial charge on any atom is -0.457 e. The summed E-state index contributed by atoms with van der Waals surface area (Å²) in [5, 5.41) is 23.5. The Labute approximate surface area is 188 Å². The molecule has 0 saturated carbocycles. The second-order valence-corrected chi connectivity index (χ2v) is 7.54. The maximum atomic E-state index is 12.4. The van der Waals surface area contributed by atoms with Gasteiger partial charge in [-0.15, -0.1) is 0 Å². The fourth-order valence-electron chi connectivity index (χ4n) is 2.43. The highest BCUT2D eigenvalue weighted by Gasteiger charge is 2.15. The predicted molar refractivity (Wildman–Crippen MR) is 117 cm³/mol. The zero-order valence-electron chi connectivity index (χ0n) is 14.9. The first-order valence-electron chi connectivity index (χ1n) is 8.21. The molecule has 0 radical (unpaired) electrons. The van der Waals surface area contributed by atoms with Crippen LogP contribution in [-0.4, -0.2) is 10.8 Å². The van der Waals surface area contributed by atoms with Crippen LogP contribution in [0.4, 0.5) is 11.4 Å². The second kappa shape index (κ2) is 9.13. The molecule has 0 aliphatic carbocycles. The molecule has 0 unspecified atom stereocenters. The molecule has 0 atom stereocenters. The highest BCUT2D eigenvalue weighted by Crippen LogP contribution is 2.30. The van der Waals surface area contributed by atoms with Crippen LogP contribution in [0.5, 0.6) is 0 Å². The third-order valence-electron chi connectivity index (χ3n) is 3.89. The van der Waals surface area contributed by atoms with E-state index in [2.05, 4.69) is 21.2 Å². The van der Waals surface area contributed by atoms with Gasteiger partial charge in [0.1, 0.15) is 23.2 Å². The number of hydrogen-bond acceptors (Lipinski definition) is 5. The summed E-state index contributed by atoms with van der Waals surface area (Å²) in [6, 6.07) is 13.9. The van der Waals surface area contributed by atoms with Gasteiger partial charge in [0.05, 0.1) is 20.7 Å². The van der Waals surface area contributed by atoms with E-state index >= 15 is 0 Å². The fraction of sp³-hybridized carbons (Fsp3) is 0. The predicted octanol–water partition coefficient (Wildman–Crippen LogP) is 6.47. The number of rotatable bonds is 5. The highest BCUT2D eigenvalue weighted by atomic mass is 79.9. The Morgan fingerprint density at radius 1 is 1.17 bits per heavy atom. The van der Waals surface area contributed by atoms with Gasteiger partial charge in [-0.2, -0.15) is 5.26 Å². The molecule has 30 heavy (non-hydrogen) atoms. The number of nitro benzene ring substituents is 1. The standard InChI is InChI=1S/C20H10BrCl2N3O4/c21-15-9-13(26(28)29)2-5-18(15)25-20(27)12(10-24)7-14-3-6-19(30-14)11-1-4-16(22)17(23)8-11/h1-9H,(H,25,27). The van der Waals surface area contributed by atoms with E-state index in [1.165, 1.54) is 24.3 Å². The van der Waals surface area contributed by atoms with Crippen LogP contribution in [-0.2, 0) is 4.79 Å². The van der Waals surface area contributed by atoms with E-state index in [0.29, 0.717) is 25.8 Å². The highest BCUT2D eigenvalue weighted by molar-refractivity contribution is 9.10. The average Bonchev–Trinajstić information content (AvgIpc) is 3.18. The largest absolute Gasteiger partial charge is 0.457 e. The molecule has 0 fully saturated rings. The number of nitrogens with one attached hydrogen (secondary N) is 1. The summed E-state index contributed by atoms with van der Waals surface area (Å²) in [5.41, 5.74) is 0.612. The van der Waals surface area contributed by atoms with Gasteiger partial charge < -0.3 is 9.73 Å². The first kappa shape index (κ1) is 21.6. The number of carbonyl (C=O) groups excluding carboxylic acids is 1. The zero-order valence-corrected chi connectivity index (χ0v) is 18.0. The summed E-state index contributed by atoms with van der Waals surface area (Å²) in [4.78, 5) is 22.7. The average molecular weight is 507 g/mol. The molecule has 3 rings (SSSR count). The Hall–Kier alpha value is -3.12. The Bertz CT molecular complexity index is 1230. The molecule has 10 heteroatoms. The molecule has 1 N–H and O–H groups in total. The lowest BCUT2D eigenvalue weighted by molar-refractivity contribution is -0.384. The fourth-order valence-corrected chi connectivity index (χ4v) is 3.20. The van der Waals surface area contributed by atoms with Crippen LogP contribution in [0, 0.1) is 21.4 Å². The molecule has 1 amide bonds. The van der Waals surface area contributed by atoms with Gasteiger partial charge in [0.15, 0.2) is 0 Å². The van der Waals surface area contributed by atoms with Gasteiger partial charge in [0.2, 0.25) is 0 Å². The Balaban J connectivity index is 1.81. The molecular formula is C20H10BrCl2N3O4. The van der Waals surface area contributed by atoms with Crippen molar-refractivity contribution >= 4 is 62.5 Å². The van der Waals surface area contributed by atoms with Gasteiger partial charge in [-0.1, -0.05) is 23.2 Å². The summed E-state index contributed by atoms with van der Waals surface area (Å²) in [7, 11) is 0. The molecule has 150 valence electrons. The van der Waals surface area contributed by atoms with Crippen molar-refractivity contribution < 1.29 is 14.1 Å². The molecule has 0 spiro atoms. The number of halogens is 3. The number of nitro groups is 1. The van der Waals surface area contributed by atoms with E-state index < -0.39 is 10.8 Å². The van der Waals surface area contributed by atoms with E-state index in [9.17, 15) is 20.2 Å². The number of carbonyl (C=O) groups is 1. The van der Waals surface area contributed by atoms with Crippen molar-refractivity contribution in [2.75, 3.05) is 5.32 Å². The van der Waals surface area contributed by atoms with Crippen molar-refractivity contribution in [1.82, 2.24) is 0 Å². The van der Waals surface area contributed by atoms with Crippen LogP contribution >= 0.6 is 39.1 Å². The van der Waals surface area contributed by atoms with E-state index in [4.69, 9.17) is 27.6 Å². The number of non-ortho nitro benzene ring substituents is 1. The molecule has 1 aromatic heterocycles. The van der Waals surface area contributed by atoms with Crippen LogP contribution in [0.1, 0.15) is 5.76 Å². The first-order valence-corrected chi connectivity index (χ1v) is 9.75. The van der Waals surface area contributed by atoms with E-state index in [1.54, 1.807) is 30.3 Å². The third kappa shape index (κ3) is 4.89. The second-order valence-electron chi connectivity index (χ2n) is 5.88. The lowest BCUT2D eigenvalue weighted by Gasteiger charge is -2.06. The lowest BCUT2D eigenvalue weighted by atomic mass is 10.2. The zero-order chi connectivity index (χ0) is 21.8. The van der Waals surface area contributed by atoms with Gasteiger partial charge in [-0.3, -0.25) is 14.9 Å². The third-order valence-corrected chi connectivity index (χ3v) is 5.29. The normalized spacial score (nSPS) is 11.1. The lowest BCUT2D eigenvalue weighted by Crippen LogP contribution is -2.13. The summed E-state index contributed by atoms with van der Waals surface area (Å²) >= 11 is 15.1. The maximum Gasteiger partial charge on any atom is 0.270 e. The number of amides is 1. The van der Waals surface area contributed by atoms with E-state index in [-0.39, 0.29) is 22.7 Å². The van der Waals surface area contributed by atoms with Crippen LogP contribution in [0.15, 0.2) is 63.0 Å². The maximum absolute atomic E-state index is 12.4. The van der Waals surface area contributed by atoms with Gasteiger partial charge in [0.25, 0.3) is 11.6 Å². The van der Waals surface area contributed by atoms with Crippen molar-refractivity contribution in [1.29, 1.82) is 5.26 Å². The van der Waals surface area contributed by atoms with Crippen LogP contribution in [0.25, 0.3) is 17.4 Å². The molecule has 0 aliphatic rings. The smallest absolute Gasteiger partial charge is 0.270 e. The van der Waals surface area contributed by atoms with Crippen molar-refractivity contribution in [3.63, 3.8) is 0 Å². The molecular weight excluding hydrogens is 497 g/mol. The Morgan fingerprint density at radius 3 is 2.57 bits per heavy atom. The van der Waals surface area contributed by atoms with Gasteiger partial charge >= 0.3 is 0 Å². The van der Waals surface area contributed by atoms with Crippen molar-refractivity contribution in [3.8, 4) is 17.4 Å². The van der Waals surface area contributed by atoms with Crippen LogP contribution < -0.4 is 5.32 Å². The molecule has 0 bridgehead atoms. The Morgan fingerprint density at radius 2 is 1.93 bits per heavy atom. The summed E-state index contributed by atoms with van der Waals surface area (Å²) < 4.78 is 5.98. The van der Waals surface area contributed by atoms with E-state index in [0.717, 1.165) is 0 Å². The molecule has 7 nitrogen and oxygen atoms in total. The quantitative estimate of drug-likeness (QED) is 0.184. The minimum absolute atomic E-state index is 0.138. The Kier molecular flexibility index (Phi) is 6.57. The van der Waals surface area contributed by atoms with Crippen molar-refractivity contribution in [3.05, 3.63) is 84.5 Å². The van der Waals surface area contributed by atoms with Gasteiger partial charge in [-0.05, 0) is 52.3 Å². The van der Waals surface area contributed by atoms with Gasteiger partial charge in [-0.25, -0.2) is 0 Å². The number of nitriles is 1. The van der Waals surface area contributed by atoms with E-state index in [1.807, 2.05) is 6.07 Å².